The number of hydrogen-bond donors (Lipinski definition) is 1. The molecule has 3 rings (SSSR count). The number of pyridine rings is 1. The fraction of sp³-hybridized carbons (Fsp3) is 0. The van der Waals surface area contributed by atoms with E-state index in [0.29, 0.717) is 5.13 Å². The van der Waals surface area contributed by atoms with Gasteiger partial charge in [0.15, 0.2) is 5.13 Å². The number of nitrogens with two attached hydrogens (primary N) is 1. The van der Waals surface area contributed by atoms with Gasteiger partial charge in [-0.2, -0.15) is 4.39 Å². The summed E-state index contributed by atoms with van der Waals surface area (Å²) in [5, 5.41) is 4.12. The lowest BCUT2D eigenvalue weighted by atomic mass is 10.1. The summed E-state index contributed by atoms with van der Waals surface area (Å²) >= 11 is 1.39. The van der Waals surface area contributed by atoms with E-state index >= 15 is 0 Å². The molecule has 0 aliphatic rings. The maximum Gasteiger partial charge on any atom is 0.213 e. The number of benzene rings is 1. The van der Waals surface area contributed by atoms with Crippen LogP contribution in [0, 0.1) is 5.95 Å². The van der Waals surface area contributed by atoms with Gasteiger partial charge in [-0.25, -0.2) is 9.97 Å². The summed E-state index contributed by atoms with van der Waals surface area (Å²) in [5.41, 5.74) is 7.33. The number of aromatic nitrogens is 2. The summed E-state index contributed by atoms with van der Waals surface area (Å²) in [5.74, 6) is -0.479. The van der Waals surface area contributed by atoms with Crippen LogP contribution in [-0.2, 0) is 0 Å². The van der Waals surface area contributed by atoms with Gasteiger partial charge in [0.2, 0.25) is 5.95 Å². The number of thiazole rings is 1. The van der Waals surface area contributed by atoms with E-state index in [9.17, 15) is 4.39 Å². The van der Waals surface area contributed by atoms with Gasteiger partial charge in [0, 0.05) is 28.6 Å². The summed E-state index contributed by atoms with van der Waals surface area (Å²) in [4.78, 5) is 7.81. The van der Waals surface area contributed by atoms with Gasteiger partial charge in [0.1, 0.15) is 0 Å². The number of nitrogen functional groups attached to an aromatic ring is 1. The first-order valence-corrected chi connectivity index (χ1v) is 5.87. The molecule has 2 heterocycles. The molecule has 5 heteroatoms. The molecule has 3 nitrogen and oxygen atoms in total. The van der Waals surface area contributed by atoms with Crippen molar-refractivity contribution in [3.63, 3.8) is 0 Å². The molecule has 3 aromatic rings. The molecular formula is C12H8FN3S. The lowest BCUT2D eigenvalue weighted by Crippen LogP contribution is -1.85. The van der Waals surface area contributed by atoms with Crippen molar-refractivity contribution in [3.05, 3.63) is 41.8 Å². The highest BCUT2D eigenvalue weighted by atomic mass is 32.1. The molecule has 2 aromatic heterocycles. The van der Waals surface area contributed by atoms with Crippen molar-refractivity contribution in [1.82, 2.24) is 9.97 Å². The van der Waals surface area contributed by atoms with Crippen LogP contribution in [0.5, 0.6) is 0 Å². The van der Waals surface area contributed by atoms with Crippen LogP contribution < -0.4 is 5.73 Å². The molecule has 0 radical (unpaired) electrons. The molecule has 2 N–H and O–H groups in total. The largest absolute Gasteiger partial charge is 0.375 e. The zero-order valence-corrected chi connectivity index (χ0v) is 9.54. The Morgan fingerprint density at radius 1 is 1.18 bits per heavy atom. The van der Waals surface area contributed by atoms with Crippen molar-refractivity contribution in [2.24, 2.45) is 0 Å². The highest BCUT2D eigenvalue weighted by Crippen LogP contribution is 2.26. The van der Waals surface area contributed by atoms with Crippen LogP contribution >= 0.6 is 11.3 Å². The van der Waals surface area contributed by atoms with Crippen molar-refractivity contribution in [2.75, 3.05) is 5.73 Å². The first-order valence-electron chi connectivity index (χ1n) is 4.99. The summed E-state index contributed by atoms with van der Waals surface area (Å²) in [7, 11) is 0. The minimum Gasteiger partial charge on any atom is -0.375 e. The quantitative estimate of drug-likeness (QED) is 0.670. The van der Waals surface area contributed by atoms with Crippen molar-refractivity contribution >= 4 is 27.2 Å². The van der Waals surface area contributed by atoms with Crippen LogP contribution in [0.2, 0.25) is 0 Å². The van der Waals surface area contributed by atoms with Gasteiger partial charge >= 0.3 is 0 Å². The normalized spacial score (nSPS) is 10.9. The number of halogens is 1. The van der Waals surface area contributed by atoms with Crippen LogP contribution in [0.3, 0.4) is 0 Å². The molecule has 84 valence electrons. The zero-order valence-electron chi connectivity index (χ0n) is 8.72. The molecule has 0 unspecified atom stereocenters. The summed E-state index contributed by atoms with van der Waals surface area (Å²) in [6.07, 6.45) is 1.52. The molecule has 0 spiro atoms. The van der Waals surface area contributed by atoms with Gasteiger partial charge in [0.05, 0.1) is 5.69 Å². The monoisotopic (exact) mass is 245 g/mol. The summed E-state index contributed by atoms with van der Waals surface area (Å²) < 4.78 is 13.0. The molecule has 0 aliphatic carbocycles. The van der Waals surface area contributed by atoms with Crippen LogP contribution in [0.1, 0.15) is 0 Å². The second-order valence-corrected chi connectivity index (χ2v) is 4.53. The van der Waals surface area contributed by atoms with Crippen molar-refractivity contribution < 1.29 is 4.39 Å². The molecule has 1 aromatic carbocycles. The molecule has 0 amide bonds. The summed E-state index contributed by atoms with van der Waals surface area (Å²) in [6, 6.07) is 7.12. The average molecular weight is 245 g/mol. The molecule has 0 bridgehead atoms. The van der Waals surface area contributed by atoms with Crippen molar-refractivity contribution in [1.29, 1.82) is 0 Å². The first kappa shape index (κ1) is 10.2. The second kappa shape index (κ2) is 3.78. The Labute approximate surface area is 101 Å². The smallest absolute Gasteiger partial charge is 0.213 e. The minimum atomic E-state index is -0.479. The highest BCUT2D eigenvalue weighted by molar-refractivity contribution is 7.13. The van der Waals surface area contributed by atoms with E-state index in [1.807, 2.05) is 23.6 Å². The van der Waals surface area contributed by atoms with E-state index in [2.05, 4.69) is 9.97 Å². The standard InChI is InChI=1S/C12H8FN3S/c13-11-4-9-3-7(1-2-8(9)5-15-11)10-6-17-12(14)16-10/h1-6H,(H2,14,16). The molecule has 0 saturated carbocycles. The van der Waals surface area contributed by atoms with Crippen LogP contribution in [0.25, 0.3) is 22.0 Å². The van der Waals surface area contributed by atoms with Gasteiger partial charge in [-0.05, 0) is 11.5 Å². The topological polar surface area (TPSA) is 51.8 Å². The third-order valence-electron chi connectivity index (χ3n) is 2.51. The predicted octanol–water partition coefficient (Wildman–Crippen LogP) is 3.08. The van der Waals surface area contributed by atoms with E-state index in [-0.39, 0.29) is 0 Å². The van der Waals surface area contributed by atoms with E-state index in [1.165, 1.54) is 23.6 Å². The summed E-state index contributed by atoms with van der Waals surface area (Å²) in [6.45, 7) is 0. The maximum absolute atomic E-state index is 13.0. The molecular weight excluding hydrogens is 237 g/mol. The van der Waals surface area contributed by atoms with Crippen LogP contribution in [-0.4, -0.2) is 9.97 Å². The van der Waals surface area contributed by atoms with E-state index in [4.69, 9.17) is 5.73 Å². The Bertz CT molecular complexity index is 693. The predicted molar refractivity (Wildman–Crippen MR) is 67.2 cm³/mol. The Hall–Kier alpha value is -2.01. The third kappa shape index (κ3) is 1.85. The first-order chi connectivity index (χ1) is 8.22. The Balaban J connectivity index is 2.18. The fourth-order valence-corrected chi connectivity index (χ4v) is 2.27. The lowest BCUT2D eigenvalue weighted by Gasteiger charge is -2.00. The SMILES string of the molecule is Nc1nc(-c2ccc3cnc(F)cc3c2)cs1. The Morgan fingerprint density at radius 2 is 2.06 bits per heavy atom. The Morgan fingerprint density at radius 3 is 2.82 bits per heavy atom. The molecule has 0 atom stereocenters. The third-order valence-corrected chi connectivity index (χ3v) is 3.18. The number of hydrogen-bond acceptors (Lipinski definition) is 4. The average Bonchev–Trinajstić information content (AvgIpc) is 2.75. The van der Waals surface area contributed by atoms with Gasteiger partial charge < -0.3 is 5.73 Å². The Kier molecular flexibility index (Phi) is 2.26. The lowest BCUT2D eigenvalue weighted by molar-refractivity contribution is 0.586. The second-order valence-electron chi connectivity index (χ2n) is 3.64. The zero-order chi connectivity index (χ0) is 11.8. The highest BCUT2D eigenvalue weighted by Gasteiger charge is 2.04. The van der Waals surface area contributed by atoms with Gasteiger partial charge in [-0.15, -0.1) is 11.3 Å². The number of nitrogens with zero attached hydrogens (tertiary/aromatic N) is 2. The van der Waals surface area contributed by atoms with Gasteiger partial charge in [-0.1, -0.05) is 12.1 Å². The van der Waals surface area contributed by atoms with E-state index in [0.717, 1.165) is 22.0 Å². The fourth-order valence-electron chi connectivity index (χ4n) is 1.69. The van der Waals surface area contributed by atoms with E-state index < -0.39 is 5.95 Å². The van der Waals surface area contributed by atoms with Crippen molar-refractivity contribution in [3.8, 4) is 11.3 Å². The van der Waals surface area contributed by atoms with Gasteiger partial charge in [-0.3, -0.25) is 0 Å². The van der Waals surface area contributed by atoms with Crippen molar-refractivity contribution in [2.45, 2.75) is 0 Å². The molecule has 0 fully saturated rings. The molecule has 17 heavy (non-hydrogen) atoms. The van der Waals surface area contributed by atoms with Gasteiger partial charge in [0.25, 0.3) is 0 Å². The number of rotatable bonds is 1. The van der Waals surface area contributed by atoms with E-state index in [1.54, 1.807) is 0 Å². The molecule has 0 saturated heterocycles. The number of fused-ring (bicyclic) bond motifs is 1. The maximum atomic E-state index is 13.0. The molecule has 0 aliphatic heterocycles. The van der Waals surface area contributed by atoms with Crippen LogP contribution in [0.15, 0.2) is 35.8 Å². The van der Waals surface area contributed by atoms with Crippen LogP contribution in [0.4, 0.5) is 9.52 Å². The number of anilines is 1. The minimum absolute atomic E-state index is 0.479.